The molecule has 6 nitrogen and oxygen atoms in total. The Morgan fingerprint density at radius 2 is 2.05 bits per heavy atom. The molecule has 8 heteroatoms. The molecule has 20 heavy (non-hydrogen) atoms. The number of nitrogens with one attached hydrogen (secondary N) is 1. The van der Waals surface area contributed by atoms with E-state index in [0.717, 1.165) is 4.47 Å². The number of nitrogen functional groups attached to an aromatic ring is 1. The van der Waals surface area contributed by atoms with E-state index in [9.17, 15) is 10.1 Å². The molecule has 0 heterocycles. The Labute approximate surface area is 127 Å². The Morgan fingerprint density at radius 3 is 2.70 bits per heavy atom. The molecule has 104 valence electrons. The van der Waals surface area contributed by atoms with Gasteiger partial charge >= 0.3 is 0 Å². The first-order chi connectivity index (χ1) is 9.49. The van der Waals surface area contributed by atoms with Crippen molar-refractivity contribution < 1.29 is 9.66 Å². The van der Waals surface area contributed by atoms with Crippen LogP contribution in [0.2, 0.25) is 5.02 Å². The summed E-state index contributed by atoms with van der Waals surface area (Å²) in [6, 6.07) is 9.20. The number of ether oxygens (including phenoxy) is 1. The topological polar surface area (TPSA) is 90.4 Å². The fourth-order valence-corrected chi connectivity index (χ4v) is 2.01. The number of nitrogens with two attached hydrogens (primary N) is 1. The predicted molar refractivity (Wildman–Crippen MR) is 80.1 cm³/mol. The van der Waals surface area contributed by atoms with Crippen molar-refractivity contribution in [1.29, 1.82) is 0 Å². The molecule has 0 saturated carbocycles. The quantitative estimate of drug-likeness (QED) is 0.488. The van der Waals surface area contributed by atoms with Crippen molar-refractivity contribution in [1.82, 2.24) is 0 Å². The number of nitrogens with zero attached hydrogens (tertiary/aromatic N) is 1. The molecule has 0 spiro atoms. The lowest BCUT2D eigenvalue weighted by atomic mass is 10.2. The van der Waals surface area contributed by atoms with Crippen LogP contribution < -0.4 is 16.0 Å². The largest absolute Gasteiger partial charge is 0.455 e. The van der Waals surface area contributed by atoms with Crippen molar-refractivity contribution in [2.75, 3.05) is 5.43 Å². The van der Waals surface area contributed by atoms with Crippen LogP contribution in [0.1, 0.15) is 0 Å². The van der Waals surface area contributed by atoms with E-state index in [0.29, 0.717) is 16.5 Å². The second-order valence-electron chi connectivity index (χ2n) is 3.79. The van der Waals surface area contributed by atoms with Crippen molar-refractivity contribution in [2.45, 2.75) is 0 Å². The summed E-state index contributed by atoms with van der Waals surface area (Å²) in [5.74, 6) is 5.91. The fraction of sp³-hybridized carbons (Fsp3) is 0. The summed E-state index contributed by atoms with van der Waals surface area (Å²) in [7, 11) is 0. The van der Waals surface area contributed by atoms with Crippen molar-refractivity contribution >= 4 is 38.9 Å². The van der Waals surface area contributed by atoms with E-state index in [1.165, 1.54) is 18.2 Å². The molecule has 0 atom stereocenters. The Bertz CT molecular complexity index is 666. The van der Waals surface area contributed by atoms with Gasteiger partial charge in [-0.3, -0.25) is 16.0 Å². The molecule has 0 aromatic heterocycles. The first kappa shape index (κ1) is 14.6. The molecule has 0 unspecified atom stereocenters. The standard InChI is InChI=1S/C12H9BrClN3O3/c13-7-1-2-11(14)12(3-7)20-10-5-8(16-15)4-9(6-10)17(18)19/h1-6,16H,15H2. The number of hydrogen-bond acceptors (Lipinski definition) is 5. The third kappa shape index (κ3) is 3.38. The van der Waals surface area contributed by atoms with Gasteiger partial charge in [-0.25, -0.2) is 0 Å². The number of benzene rings is 2. The van der Waals surface area contributed by atoms with Crippen molar-refractivity contribution in [2.24, 2.45) is 5.84 Å². The molecule has 0 aliphatic rings. The lowest BCUT2D eigenvalue weighted by Crippen LogP contribution is -2.07. The van der Waals surface area contributed by atoms with Gasteiger partial charge in [-0.1, -0.05) is 27.5 Å². The van der Waals surface area contributed by atoms with Crippen LogP contribution in [0.4, 0.5) is 11.4 Å². The van der Waals surface area contributed by atoms with Gasteiger partial charge < -0.3 is 10.2 Å². The van der Waals surface area contributed by atoms with Crippen LogP contribution in [-0.4, -0.2) is 4.92 Å². The van der Waals surface area contributed by atoms with Crippen LogP contribution >= 0.6 is 27.5 Å². The molecule has 0 amide bonds. The zero-order chi connectivity index (χ0) is 14.7. The summed E-state index contributed by atoms with van der Waals surface area (Å²) in [4.78, 5) is 10.3. The first-order valence-corrected chi connectivity index (χ1v) is 6.55. The minimum atomic E-state index is -0.532. The van der Waals surface area contributed by atoms with Crippen molar-refractivity contribution in [3.8, 4) is 11.5 Å². The Kier molecular flexibility index (Phi) is 4.43. The van der Waals surface area contributed by atoms with Crippen LogP contribution in [0, 0.1) is 10.1 Å². The number of hydrogen-bond donors (Lipinski definition) is 2. The number of rotatable bonds is 4. The van der Waals surface area contributed by atoms with Gasteiger partial charge in [-0.15, -0.1) is 0 Å². The molecule has 0 fully saturated rings. The molecule has 2 rings (SSSR count). The maximum absolute atomic E-state index is 10.8. The number of nitro groups is 1. The van der Waals surface area contributed by atoms with Crippen LogP contribution in [0.5, 0.6) is 11.5 Å². The van der Waals surface area contributed by atoms with Crippen molar-refractivity contribution in [3.63, 3.8) is 0 Å². The van der Waals surface area contributed by atoms with Crippen LogP contribution in [0.3, 0.4) is 0 Å². The summed E-state index contributed by atoms with van der Waals surface area (Å²) in [5, 5.41) is 11.2. The Morgan fingerprint density at radius 1 is 1.30 bits per heavy atom. The Hall–Kier alpha value is -1.83. The van der Waals surface area contributed by atoms with Crippen LogP contribution in [0.15, 0.2) is 40.9 Å². The smallest absolute Gasteiger partial charge is 0.275 e. The van der Waals surface area contributed by atoms with E-state index in [1.807, 2.05) is 0 Å². The molecule has 0 radical (unpaired) electrons. The average molecular weight is 359 g/mol. The van der Waals surface area contributed by atoms with Gasteiger partial charge in [-0.2, -0.15) is 0 Å². The molecule has 3 N–H and O–H groups in total. The first-order valence-electron chi connectivity index (χ1n) is 5.38. The van der Waals surface area contributed by atoms with E-state index in [1.54, 1.807) is 18.2 Å². The van der Waals surface area contributed by atoms with Crippen LogP contribution in [-0.2, 0) is 0 Å². The molecule has 2 aromatic rings. The molecule has 0 aliphatic heterocycles. The number of anilines is 1. The average Bonchev–Trinajstić information content (AvgIpc) is 2.42. The van der Waals surface area contributed by atoms with Gasteiger partial charge in [0.15, 0.2) is 0 Å². The monoisotopic (exact) mass is 357 g/mol. The molecule has 0 bridgehead atoms. The second-order valence-corrected chi connectivity index (χ2v) is 5.12. The van der Waals surface area contributed by atoms with E-state index in [-0.39, 0.29) is 11.4 Å². The van der Waals surface area contributed by atoms with Gasteiger partial charge in [0.25, 0.3) is 5.69 Å². The number of hydrazine groups is 1. The van der Waals surface area contributed by atoms with Gasteiger partial charge in [0.1, 0.15) is 11.5 Å². The summed E-state index contributed by atoms with van der Waals surface area (Å²) >= 11 is 9.30. The maximum atomic E-state index is 10.8. The lowest BCUT2D eigenvalue weighted by Gasteiger charge is -2.09. The van der Waals surface area contributed by atoms with Gasteiger partial charge in [0, 0.05) is 16.6 Å². The highest BCUT2D eigenvalue weighted by atomic mass is 79.9. The van der Waals surface area contributed by atoms with Crippen molar-refractivity contribution in [3.05, 3.63) is 56.0 Å². The number of non-ortho nitro benzene ring substituents is 1. The highest BCUT2D eigenvalue weighted by Gasteiger charge is 2.12. The molecular weight excluding hydrogens is 350 g/mol. The van der Waals surface area contributed by atoms with Gasteiger partial charge in [0.05, 0.1) is 21.7 Å². The second kappa shape index (κ2) is 6.08. The molecular formula is C12H9BrClN3O3. The number of nitro benzene ring substituents is 1. The third-order valence-electron chi connectivity index (χ3n) is 2.39. The van der Waals surface area contributed by atoms with Gasteiger partial charge in [-0.05, 0) is 18.2 Å². The summed E-state index contributed by atoms with van der Waals surface area (Å²) in [6.07, 6.45) is 0. The molecule has 2 aromatic carbocycles. The Balaban J connectivity index is 2.39. The fourth-order valence-electron chi connectivity index (χ4n) is 1.51. The van der Waals surface area contributed by atoms with E-state index in [4.69, 9.17) is 22.2 Å². The van der Waals surface area contributed by atoms with Gasteiger partial charge in [0.2, 0.25) is 0 Å². The summed E-state index contributed by atoms with van der Waals surface area (Å²) in [6.45, 7) is 0. The highest BCUT2D eigenvalue weighted by Crippen LogP contribution is 2.34. The normalized spacial score (nSPS) is 10.2. The molecule has 0 saturated heterocycles. The summed E-state index contributed by atoms with van der Waals surface area (Å²) in [5.41, 5.74) is 2.57. The molecule has 0 aliphatic carbocycles. The predicted octanol–water partition coefficient (Wildman–Crippen LogP) is 4.09. The maximum Gasteiger partial charge on any atom is 0.275 e. The van der Waals surface area contributed by atoms with Crippen LogP contribution in [0.25, 0.3) is 0 Å². The van der Waals surface area contributed by atoms with E-state index >= 15 is 0 Å². The lowest BCUT2D eigenvalue weighted by molar-refractivity contribution is -0.384. The van der Waals surface area contributed by atoms with E-state index in [2.05, 4.69) is 21.4 Å². The van der Waals surface area contributed by atoms with E-state index < -0.39 is 4.92 Å². The zero-order valence-electron chi connectivity index (χ0n) is 9.97. The zero-order valence-corrected chi connectivity index (χ0v) is 12.3. The highest BCUT2D eigenvalue weighted by molar-refractivity contribution is 9.10. The number of halogens is 2. The third-order valence-corrected chi connectivity index (χ3v) is 3.20. The minimum Gasteiger partial charge on any atom is -0.455 e. The SMILES string of the molecule is NNc1cc(Oc2cc(Br)ccc2Cl)cc([N+](=O)[O-])c1. The summed E-state index contributed by atoms with van der Waals surface area (Å²) < 4.78 is 6.34. The minimum absolute atomic E-state index is 0.137.